The molecule has 2 N–H and O–H groups in total. The molecule has 26 valence electrons. The minimum atomic E-state index is -1.83. The number of carbonyl (C=O) groups is 1. The van der Waals surface area contributed by atoms with E-state index in [0.717, 1.165) is 0 Å². The fourth-order valence-electron chi connectivity index (χ4n) is 0. The molecule has 0 aromatic rings. The van der Waals surface area contributed by atoms with Gasteiger partial charge in [-0.05, 0) is 0 Å². The molecule has 0 aliphatic heterocycles. The van der Waals surface area contributed by atoms with Crippen LogP contribution in [0.2, 0.25) is 0 Å². The molecule has 0 bridgehead atoms. The molecule has 0 rings (SSSR count). The Balaban J connectivity index is -0.0000000150. The van der Waals surface area contributed by atoms with E-state index >= 15 is 0 Å². The summed E-state index contributed by atoms with van der Waals surface area (Å²) in [7, 11) is 0. The Kier molecular flexibility index (Phi) is 7.67. The van der Waals surface area contributed by atoms with E-state index in [1.54, 1.807) is 0 Å². The number of hydrogen-bond acceptors (Lipinski definition) is 1. The summed E-state index contributed by atoms with van der Waals surface area (Å²) >= 11 is 0. The van der Waals surface area contributed by atoms with Gasteiger partial charge in [-0.15, -0.1) is 0 Å². The first-order valence-corrected chi connectivity index (χ1v) is 0.651. The average Bonchev–Trinajstić information content (AvgIpc) is 0.811. The van der Waals surface area contributed by atoms with Gasteiger partial charge in [-0.3, -0.25) is 0 Å². The van der Waals surface area contributed by atoms with Crippen molar-refractivity contribution in [3.63, 3.8) is 0 Å². The summed E-state index contributed by atoms with van der Waals surface area (Å²) in [5.41, 5.74) is 0. The fourth-order valence-corrected chi connectivity index (χ4v) is 0. The van der Waals surface area contributed by atoms with Crippen LogP contribution in [0.5, 0.6) is 0 Å². The van der Waals surface area contributed by atoms with Gasteiger partial charge in [-0.2, -0.15) is 0 Å². The van der Waals surface area contributed by atoms with Crippen LogP contribution in [0.25, 0.3) is 0 Å². The zero-order valence-electron chi connectivity index (χ0n) is 3.80. The normalized spacial score (nSPS) is 4.80. The van der Waals surface area contributed by atoms with E-state index in [2.05, 4.69) is 0 Å². The van der Waals surface area contributed by atoms with Gasteiger partial charge in [0, 0.05) is 0 Å². The van der Waals surface area contributed by atoms with Crippen LogP contribution in [0.4, 0.5) is 4.79 Å². The summed E-state index contributed by atoms with van der Waals surface area (Å²) < 4.78 is 0. The Morgan fingerprint density at radius 3 is 1.60 bits per heavy atom. The maximum absolute atomic E-state index is 8.56. The molecule has 0 amide bonds. The molecule has 0 unspecified atom stereocenters. The molecule has 0 fully saturated rings. The predicted octanol–water partition coefficient (Wildman–Crippen LogP) is -0.201. The molecule has 0 spiro atoms. The van der Waals surface area contributed by atoms with Crippen LogP contribution < -0.4 is 0 Å². The van der Waals surface area contributed by atoms with Crippen molar-refractivity contribution in [3.05, 3.63) is 0 Å². The molecule has 0 aromatic carbocycles. The van der Waals surface area contributed by atoms with Crippen molar-refractivity contribution in [1.29, 1.82) is 0 Å². The minimum absolute atomic E-state index is 0. The van der Waals surface area contributed by atoms with E-state index in [1.807, 2.05) is 0 Å². The van der Waals surface area contributed by atoms with Gasteiger partial charge < -0.3 is 10.2 Å². The van der Waals surface area contributed by atoms with Crippen LogP contribution in [0, 0.1) is 0 Å². The summed E-state index contributed by atoms with van der Waals surface area (Å²) in [6.45, 7) is 0. The standard InChI is InChI=1S/CH2O3.Na.H/c2-1(3)4;;/h(H2,2,3,4);;/p+2. The van der Waals surface area contributed by atoms with Gasteiger partial charge in [0.1, 0.15) is 0 Å². The molecule has 0 saturated heterocycles. The molecular weight excluding hydrogens is 83.0 g/mol. The molecule has 4 heteroatoms. The second-order valence-electron chi connectivity index (χ2n) is 0.283. The van der Waals surface area contributed by atoms with Crippen molar-refractivity contribution in [2.45, 2.75) is 0 Å². The van der Waals surface area contributed by atoms with Gasteiger partial charge in [-0.1, -0.05) is 0 Å². The monoisotopic (exact) mass is 88.0 g/mol. The first-order valence-electron chi connectivity index (χ1n) is 0.651. The molecule has 0 heterocycles. The first-order chi connectivity index (χ1) is 1.73. The maximum atomic E-state index is 8.56. The van der Waals surface area contributed by atoms with Crippen molar-refractivity contribution < 1.29 is 17.9 Å². The Morgan fingerprint density at radius 2 is 1.60 bits per heavy atom. The topological polar surface area (TPSA) is 57.5 Å². The predicted molar refractivity (Wildman–Crippen MR) is 20.0 cm³/mol. The average molecular weight is 88.0 g/mol. The van der Waals surface area contributed by atoms with Gasteiger partial charge in [0.05, 0.1) is 0 Å². The molecule has 0 saturated carbocycles. The molecule has 0 aliphatic rings. The van der Waals surface area contributed by atoms with E-state index in [-0.39, 0.29) is 32.4 Å². The Morgan fingerprint density at radius 1 is 1.60 bits per heavy atom. The van der Waals surface area contributed by atoms with Gasteiger partial charge in [0.25, 0.3) is 0 Å². The summed E-state index contributed by atoms with van der Waals surface area (Å²) in [4.78, 5) is 8.56. The van der Waals surface area contributed by atoms with Crippen LogP contribution >= 0.6 is 0 Å². The molecule has 0 radical (unpaired) electrons. The summed E-state index contributed by atoms with van der Waals surface area (Å²) in [6.07, 6.45) is -1.83. The summed E-state index contributed by atoms with van der Waals surface area (Å²) in [6, 6.07) is 0. The Hall–Kier alpha value is 0.270. The summed E-state index contributed by atoms with van der Waals surface area (Å²) in [5.74, 6) is 0. The van der Waals surface area contributed by atoms with Crippen molar-refractivity contribution in [1.82, 2.24) is 0 Å². The van der Waals surface area contributed by atoms with E-state index in [4.69, 9.17) is 15.0 Å². The fraction of sp³-hybridized carbons (Fsp3) is 0. The number of rotatable bonds is 0. The van der Waals surface area contributed by atoms with E-state index in [9.17, 15) is 0 Å². The third-order valence-electron chi connectivity index (χ3n) is 0. The van der Waals surface area contributed by atoms with Crippen molar-refractivity contribution >= 4 is 35.7 Å². The molecule has 0 aliphatic carbocycles. The van der Waals surface area contributed by atoms with Crippen molar-refractivity contribution in [3.8, 4) is 0 Å². The second-order valence-corrected chi connectivity index (χ2v) is 0.283. The zero-order chi connectivity index (χ0) is 3.58. The van der Waals surface area contributed by atoms with Crippen molar-refractivity contribution in [2.24, 2.45) is 0 Å². The quantitative estimate of drug-likeness (QED) is 0.403. The van der Waals surface area contributed by atoms with Crippen LogP contribution in [0.15, 0.2) is 0 Å². The van der Waals surface area contributed by atoms with Crippen LogP contribution in [-0.2, 0) is 0 Å². The molecule has 3 nitrogen and oxygen atoms in total. The summed E-state index contributed by atoms with van der Waals surface area (Å²) in [5, 5.41) is 13.9. The van der Waals surface area contributed by atoms with E-state index < -0.39 is 6.16 Å². The van der Waals surface area contributed by atoms with Crippen LogP contribution in [0.1, 0.15) is 2.85 Å². The third kappa shape index (κ3) is 302. The zero-order valence-corrected chi connectivity index (χ0v) is 1.80. The molecular formula is CH5NaO3+2. The van der Waals surface area contributed by atoms with E-state index in [1.165, 1.54) is 0 Å². The second kappa shape index (κ2) is 4.27. The van der Waals surface area contributed by atoms with E-state index in [0.29, 0.717) is 0 Å². The molecule has 0 aromatic heterocycles. The van der Waals surface area contributed by atoms with Gasteiger partial charge >= 0.3 is 38.6 Å². The number of carboxylic acid groups (broad SMARTS) is 2. The Bertz CT molecular complexity index is 35.9. The molecule has 5 heavy (non-hydrogen) atoms. The van der Waals surface area contributed by atoms with Crippen LogP contribution in [0.3, 0.4) is 0 Å². The van der Waals surface area contributed by atoms with Crippen molar-refractivity contribution in [2.75, 3.05) is 0 Å². The molecule has 0 atom stereocenters. The van der Waals surface area contributed by atoms with Gasteiger partial charge in [-0.25, -0.2) is 4.79 Å². The third-order valence-corrected chi connectivity index (χ3v) is 0. The van der Waals surface area contributed by atoms with Gasteiger partial charge in [0.15, 0.2) is 0 Å². The first kappa shape index (κ1) is 8.99. The SMILES string of the molecule is O=C(O)O.[H+].[H+].[NaH]. The Labute approximate surface area is 53.9 Å². The van der Waals surface area contributed by atoms with Crippen LogP contribution in [-0.4, -0.2) is 45.9 Å². The van der Waals surface area contributed by atoms with Gasteiger partial charge in [0.2, 0.25) is 0 Å². The number of hydrogen-bond donors (Lipinski definition) is 2.